The summed E-state index contributed by atoms with van der Waals surface area (Å²) in [6.45, 7) is 0.804. The molecule has 1 atom stereocenters. The van der Waals surface area contributed by atoms with Gasteiger partial charge in [0.15, 0.2) is 0 Å². The molecule has 1 N–H and O–H groups in total. The van der Waals surface area contributed by atoms with Crippen LogP contribution in [-0.4, -0.2) is 45.5 Å². The number of para-hydroxylation sites is 1. The van der Waals surface area contributed by atoms with Crippen molar-refractivity contribution in [1.82, 2.24) is 0 Å². The molecule has 22 heavy (non-hydrogen) atoms. The van der Waals surface area contributed by atoms with Crippen molar-refractivity contribution >= 4 is 11.4 Å². The Hall–Kier alpha value is -2.20. The lowest BCUT2D eigenvalue weighted by atomic mass is 10.2. The third kappa shape index (κ3) is 4.67. The van der Waals surface area contributed by atoms with Gasteiger partial charge in [0, 0.05) is 39.1 Å². The third-order valence-electron chi connectivity index (χ3n) is 3.48. The average molecular weight is 300 g/mol. The molecule has 0 spiro atoms. The Kier molecular flexibility index (Phi) is 5.67. The number of hydrogen-bond donors (Lipinski definition) is 1. The molecule has 0 radical (unpaired) electrons. The Balaban J connectivity index is 1.84. The predicted molar refractivity (Wildman–Crippen MR) is 92.0 cm³/mol. The minimum Gasteiger partial charge on any atom is -0.491 e. The highest BCUT2D eigenvalue weighted by molar-refractivity contribution is 5.55. The van der Waals surface area contributed by atoms with Crippen molar-refractivity contribution < 1.29 is 9.84 Å². The fourth-order valence-electron chi connectivity index (χ4n) is 2.19. The second-order valence-corrected chi connectivity index (χ2v) is 5.57. The first-order valence-electron chi connectivity index (χ1n) is 7.40. The van der Waals surface area contributed by atoms with Crippen LogP contribution in [0.2, 0.25) is 0 Å². The van der Waals surface area contributed by atoms with Crippen molar-refractivity contribution in [3.05, 3.63) is 54.6 Å². The molecular formula is C18H24N2O2. The minimum absolute atomic E-state index is 0.282. The molecule has 4 nitrogen and oxygen atoms in total. The topological polar surface area (TPSA) is 35.9 Å². The van der Waals surface area contributed by atoms with Gasteiger partial charge in [-0.05, 0) is 36.4 Å². The van der Waals surface area contributed by atoms with E-state index in [1.165, 1.54) is 0 Å². The molecule has 2 aromatic carbocycles. The van der Waals surface area contributed by atoms with Crippen LogP contribution < -0.4 is 14.5 Å². The van der Waals surface area contributed by atoms with Crippen molar-refractivity contribution in [2.75, 3.05) is 44.1 Å². The van der Waals surface area contributed by atoms with E-state index in [-0.39, 0.29) is 6.61 Å². The van der Waals surface area contributed by atoms with Gasteiger partial charge in [-0.15, -0.1) is 0 Å². The third-order valence-corrected chi connectivity index (χ3v) is 3.48. The summed E-state index contributed by atoms with van der Waals surface area (Å²) < 4.78 is 5.57. The van der Waals surface area contributed by atoms with Crippen molar-refractivity contribution in [2.45, 2.75) is 6.10 Å². The number of anilines is 2. The van der Waals surface area contributed by atoms with Gasteiger partial charge in [-0.2, -0.15) is 0 Å². The van der Waals surface area contributed by atoms with E-state index in [4.69, 9.17) is 4.74 Å². The molecule has 0 heterocycles. The van der Waals surface area contributed by atoms with E-state index in [0.29, 0.717) is 6.54 Å². The summed E-state index contributed by atoms with van der Waals surface area (Å²) in [4.78, 5) is 4.09. The highest BCUT2D eigenvalue weighted by Gasteiger charge is 2.10. The minimum atomic E-state index is -0.543. The lowest BCUT2D eigenvalue weighted by molar-refractivity contribution is 0.113. The van der Waals surface area contributed by atoms with E-state index in [2.05, 4.69) is 29.2 Å². The van der Waals surface area contributed by atoms with Crippen LogP contribution >= 0.6 is 0 Å². The zero-order valence-electron chi connectivity index (χ0n) is 13.4. The SMILES string of the molecule is CN(C)c1ccc(N(C)CC(O)COc2ccccc2)cc1. The van der Waals surface area contributed by atoms with E-state index < -0.39 is 6.10 Å². The molecular weight excluding hydrogens is 276 g/mol. The summed E-state index contributed by atoms with van der Waals surface area (Å²) in [6.07, 6.45) is -0.543. The number of nitrogens with zero attached hydrogens (tertiary/aromatic N) is 2. The van der Waals surface area contributed by atoms with Gasteiger partial charge >= 0.3 is 0 Å². The summed E-state index contributed by atoms with van der Waals surface area (Å²) in [6, 6.07) is 17.8. The van der Waals surface area contributed by atoms with Gasteiger partial charge in [0.05, 0.1) is 0 Å². The van der Waals surface area contributed by atoms with E-state index in [1.54, 1.807) is 0 Å². The molecule has 2 aromatic rings. The Labute approximate surface area is 132 Å². The maximum absolute atomic E-state index is 10.1. The van der Waals surface area contributed by atoms with Crippen molar-refractivity contribution in [3.63, 3.8) is 0 Å². The fraction of sp³-hybridized carbons (Fsp3) is 0.333. The quantitative estimate of drug-likeness (QED) is 0.853. The summed E-state index contributed by atoms with van der Waals surface area (Å²) in [7, 11) is 6.00. The van der Waals surface area contributed by atoms with E-state index in [0.717, 1.165) is 17.1 Å². The number of rotatable bonds is 7. The summed E-state index contributed by atoms with van der Waals surface area (Å²) in [5.74, 6) is 0.777. The molecule has 0 aliphatic carbocycles. The molecule has 2 rings (SSSR count). The number of aliphatic hydroxyl groups is 1. The number of aliphatic hydroxyl groups excluding tert-OH is 1. The smallest absolute Gasteiger partial charge is 0.119 e. The second kappa shape index (κ2) is 7.71. The van der Waals surface area contributed by atoms with Gasteiger partial charge in [-0.3, -0.25) is 0 Å². The molecule has 0 saturated carbocycles. The molecule has 0 fully saturated rings. The lowest BCUT2D eigenvalue weighted by Gasteiger charge is -2.23. The molecule has 0 saturated heterocycles. The molecule has 0 bridgehead atoms. The lowest BCUT2D eigenvalue weighted by Crippen LogP contribution is -2.33. The van der Waals surface area contributed by atoms with Crippen molar-refractivity contribution in [3.8, 4) is 5.75 Å². The van der Waals surface area contributed by atoms with Crippen LogP contribution in [0.15, 0.2) is 54.6 Å². The first-order valence-corrected chi connectivity index (χ1v) is 7.40. The average Bonchev–Trinajstić information content (AvgIpc) is 2.54. The monoisotopic (exact) mass is 300 g/mol. The highest BCUT2D eigenvalue weighted by Crippen LogP contribution is 2.18. The zero-order chi connectivity index (χ0) is 15.9. The molecule has 0 amide bonds. The van der Waals surface area contributed by atoms with Gasteiger partial charge in [0.25, 0.3) is 0 Å². The molecule has 118 valence electrons. The highest BCUT2D eigenvalue weighted by atomic mass is 16.5. The first kappa shape index (κ1) is 16.2. The fourth-order valence-corrected chi connectivity index (χ4v) is 2.19. The Morgan fingerprint density at radius 2 is 1.50 bits per heavy atom. The number of likely N-dealkylation sites (N-methyl/N-ethyl adjacent to an activating group) is 1. The van der Waals surface area contributed by atoms with E-state index in [9.17, 15) is 5.11 Å². The maximum Gasteiger partial charge on any atom is 0.119 e. The van der Waals surface area contributed by atoms with Crippen LogP contribution in [0.5, 0.6) is 5.75 Å². The molecule has 0 aliphatic rings. The van der Waals surface area contributed by atoms with Crippen LogP contribution in [0.4, 0.5) is 11.4 Å². The normalized spacial score (nSPS) is 11.8. The standard InChI is InChI=1S/C18H24N2O2/c1-19(2)15-9-11-16(12-10-15)20(3)13-17(21)14-22-18-7-5-4-6-8-18/h4-12,17,21H,13-14H2,1-3H3. The molecule has 1 unspecified atom stereocenters. The largest absolute Gasteiger partial charge is 0.491 e. The molecule has 0 aromatic heterocycles. The van der Waals surface area contributed by atoms with Crippen molar-refractivity contribution in [2.24, 2.45) is 0 Å². The second-order valence-electron chi connectivity index (χ2n) is 5.57. The summed E-state index contributed by atoms with van der Waals surface area (Å²) in [5.41, 5.74) is 2.23. The number of ether oxygens (including phenoxy) is 1. The van der Waals surface area contributed by atoms with Gasteiger partial charge in [0.2, 0.25) is 0 Å². The predicted octanol–water partition coefficient (Wildman–Crippen LogP) is 2.63. The summed E-state index contributed by atoms with van der Waals surface area (Å²) >= 11 is 0. The zero-order valence-corrected chi connectivity index (χ0v) is 13.4. The molecule has 4 heteroatoms. The Morgan fingerprint density at radius 3 is 2.09 bits per heavy atom. The van der Waals surface area contributed by atoms with E-state index in [1.807, 2.05) is 56.4 Å². The van der Waals surface area contributed by atoms with Gasteiger partial charge < -0.3 is 19.6 Å². The van der Waals surface area contributed by atoms with Crippen LogP contribution in [0.1, 0.15) is 0 Å². The summed E-state index contributed by atoms with van der Waals surface area (Å²) in [5, 5.41) is 10.1. The number of benzene rings is 2. The Morgan fingerprint density at radius 1 is 0.909 bits per heavy atom. The van der Waals surface area contributed by atoms with Crippen LogP contribution in [0, 0.1) is 0 Å². The van der Waals surface area contributed by atoms with Crippen molar-refractivity contribution in [1.29, 1.82) is 0 Å². The van der Waals surface area contributed by atoms with Gasteiger partial charge in [-0.25, -0.2) is 0 Å². The van der Waals surface area contributed by atoms with Crippen LogP contribution in [0.25, 0.3) is 0 Å². The van der Waals surface area contributed by atoms with Crippen LogP contribution in [0.3, 0.4) is 0 Å². The van der Waals surface area contributed by atoms with Gasteiger partial charge in [0.1, 0.15) is 18.5 Å². The van der Waals surface area contributed by atoms with E-state index >= 15 is 0 Å². The number of hydrogen-bond acceptors (Lipinski definition) is 4. The van der Waals surface area contributed by atoms with Gasteiger partial charge in [-0.1, -0.05) is 18.2 Å². The van der Waals surface area contributed by atoms with Crippen LogP contribution in [-0.2, 0) is 0 Å². The first-order chi connectivity index (χ1) is 10.6. The Bertz CT molecular complexity index is 555. The molecule has 0 aliphatic heterocycles. The maximum atomic E-state index is 10.1.